The van der Waals surface area contributed by atoms with Crippen LogP contribution in [0.3, 0.4) is 0 Å². The Labute approximate surface area is 70.2 Å². The highest BCUT2D eigenvalue weighted by molar-refractivity contribution is 5.23. The van der Waals surface area contributed by atoms with Gasteiger partial charge in [-0.2, -0.15) is 13.2 Å². The van der Waals surface area contributed by atoms with Crippen molar-refractivity contribution < 1.29 is 26.3 Å². The fourth-order valence-corrected chi connectivity index (χ4v) is 1.26. The average molecular weight is 204 g/mol. The van der Waals surface area contributed by atoms with Crippen LogP contribution < -0.4 is 0 Å². The van der Waals surface area contributed by atoms with Crippen LogP contribution in [0.1, 0.15) is 19.3 Å². The number of hydrogen-bond donors (Lipinski definition) is 0. The molecule has 0 nitrogen and oxygen atoms in total. The van der Waals surface area contributed by atoms with E-state index in [4.69, 9.17) is 0 Å². The molecule has 0 aromatic carbocycles. The molecule has 1 aliphatic rings. The monoisotopic (exact) mass is 204 g/mol. The summed E-state index contributed by atoms with van der Waals surface area (Å²) in [7, 11) is 0. The van der Waals surface area contributed by atoms with E-state index in [-0.39, 0.29) is 6.42 Å². The molecule has 0 N–H and O–H groups in total. The molecule has 0 aromatic rings. The second kappa shape index (κ2) is 2.92. The predicted octanol–water partition coefficient (Wildman–Crippen LogP) is 3.59. The third kappa shape index (κ3) is 1.97. The molecule has 0 unspecified atom stereocenters. The van der Waals surface area contributed by atoms with E-state index in [2.05, 4.69) is 0 Å². The molecular formula is C7H6F6. The number of halogens is 6. The van der Waals surface area contributed by atoms with Gasteiger partial charge >= 0.3 is 6.18 Å². The van der Waals surface area contributed by atoms with Crippen LogP contribution in [0.5, 0.6) is 0 Å². The fraction of sp³-hybridized carbons (Fsp3) is 0.714. The highest BCUT2D eigenvalue weighted by Gasteiger charge is 2.48. The Bertz CT molecular complexity index is 236. The van der Waals surface area contributed by atoms with Gasteiger partial charge in [0.1, 0.15) is 0 Å². The second-order valence-electron chi connectivity index (χ2n) is 2.85. The van der Waals surface area contributed by atoms with Gasteiger partial charge in [-0.3, -0.25) is 0 Å². The first-order valence-corrected chi connectivity index (χ1v) is 3.59. The van der Waals surface area contributed by atoms with Crippen molar-refractivity contribution >= 4 is 0 Å². The highest BCUT2D eigenvalue weighted by Crippen LogP contribution is 2.45. The van der Waals surface area contributed by atoms with Gasteiger partial charge in [-0.1, -0.05) is 0 Å². The highest BCUT2D eigenvalue weighted by atomic mass is 19.4. The van der Waals surface area contributed by atoms with Gasteiger partial charge in [-0.05, 0) is 12.8 Å². The number of hydrogen-bond acceptors (Lipinski definition) is 0. The van der Waals surface area contributed by atoms with Crippen LogP contribution in [0.4, 0.5) is 26.3 Å². The van der Waals surface area contributed by atoms with Crippen molar-refractivity contribution in [3.05, 3.63) is 11.4 Å². The Morgan fingerprint density at radius 1 is 1.23 bits per heavy atom. The first-order valence-electron chi connectivity index (χ1n) is 3.59. The Morgan fingerprint density at radius 3 is 2.08 bits per heavy atom. The van der Waals surface area contributed by atoms with Gasteiger partial charge in [0.2, 0.25) is 5.83 Å². The molecule has 0 radical (unpaired) electrons. The summed E-state index contributed by atoms with van der Waals surface area (Å²) >= 11 is 0. The summed E-state index contributed by atoms with van der Waals surface area (Å²) in [6.45, 7) is 0. The normalized spacial score (nSPS) is 26.3. The molecule has 0 aliphatic heterocycles. The standard InChI is InChI=1S/C7H6F6/c8-5(7(11,12)13)4-2-1-3-6(4,9)10/h1-3H2. The molecule has 1 saturated carbocycles. The Hall–Kier alpha value is -0.680. The Balaban J connectivity index is 3.04. The second-order valence-corrected chi connectivity index (χ2v) is 2.85. The first kappa shape index (κ1) is 10.4. The summed E-state index contributed by atoms with van der Waals surface area (Å²) in [5, 5.41) is 0. The molecule has 76 valence electrons. The smallest absolute Gasteiger partial charge is 0.202 e. The lowest BCUT2D eigenvalue weighted by molar-refractivity contribution is -0.113. The van der Waals surface area contributed by atoms with E-state index < -0.39 is 36.3 Å². The zero-order valence-corrected chi connectivity index (χ0v) is 6.39. The lowest BCUT2D eigenvalue weighted by atomic mass is 10.1. The van der Waals surface area contributed by atoms with Crippen LogP contribution in [-0.2, 0) is 0 Å². The van der Waals surface area contributed by atoms with E-state index in [1.54, 1.807) is 0 Å². The summed E-state index contributed by atoms with van der Waals surface area (Å²) in [5.74, 6) is -6.26. The van der Waals surface area contributed by atoms with Crippen LogP contribution in [-0.4, -0.2) is 12.1 Å². The van der Waals surface area contributed by atoms with Crippen molar-refractivity contribution in [3.8, 4) is 0 Å². The lowest BCUT2D eigenvalue weighted by Gasteiger charge is -2.13. The summed E-state index contributed by atoms with van der Waals surface area (Å²) in [6.07, 6.45) is -6.61. The fourth-order valence-electron chi connectivity index (χ4n) is 1.26. The minimum Gasteiger partial charge on any atom is -0.202 e. The van der Waals surface area contributed by atoms with E-state index in [0.717, 1.165) is 0 Å². The summed E-state index contributed by atoms with van der Waals surface area (Å²) in [5.41, 5.74) is -1.40. The average Bonchev–Trinajstić information content (AvgIpc) is 2.26. The van der Waals surface area contributed by atoms with E-state index in [9.17, 15) is 26.3 Å². The molecule has 0 amide bonds. The van der Waals surface area contributed by atoms with Crippen molar-refractivity contribution in [2.45, 2.75) is 31.4 Å². The molecule has 6 heteroatoms. The minimum absolute atomic E-state index is 0.105. The quantitative estimate of drug-likeness (QED) is 0.529. The largest absolute Gasteiger partial charge is 0.443 e. The van der Waals surface area contributed by atoms with Crippen molar-refractivity contribution in [1.82, 2.24) is 0 Å². The summed E-state index contributed by atoms with van der Waals surface area (Å²) in [6, 6.07) is 0. The molecular weight excluding hydrogens is 198 g/mol. The molecule has 0 spiro atoms. The van der Waals surface area contributed by atoms with Gasteiger partial charge in [0.25, 0.3) is 5.92 Å². The summed E-state index contributed by atoms with van der Waals surface area (Å²) in [4.78, 5) is 0. The van der Waals surface area contributed by atoms with Gasteiger partial charge in [-0.15, -0.1) is 0 Å². The molecule has 1 rings (SSSR count). The molecule has 13 heavy (non-hydrogen) atoms. The Kier molecular flexibility index (Phi) is 2.34. The molecule has 0 aromatic heterocycles. The van der Waals surface area contributed by atoms with Gasteiger partial charge in [0, 0.05) is 12.0 Å². The van der Waals surface area contributed by atoms with Crippen molar-refractivity contribution in [1.29, 1.82) is 0 Å². The Morgan fingerprint density at radius 2 is 1.77 bits per heavy atom. The lowest BCUT2D eigenvalue weighted by Crippen LogP contribution is -2.19. The van der Waals surface area contributed by atoms with Crippen LogP contribution in [0.25, 0.3) is 0 Å². The molecule has 1 fully saturated rings. The number of alkyl halides is 5. The van der Waals surface area contributed by atoms with E-state index in [0.29, 0.717) is 0 Å². The van der Waals surface area contributed by atoms with Crippen LogP contribution in [0.15, 0.2) is 11.4 Å². The SMILES string of the molecule is FC(=C1CCCC1(F)F)C(F)(F)F. The third-order valence-corrected chi connectivity index (χ3v) is 1.87. The van der Waals surface area contributed by atoms with Gasteiger partial charge < -0.3 is 0 Å². The van der Waals surface area contributed by atoms with E-state index in [1.807, 2.05) is 0 Å². The number of rotatable bonds is 0. The van der Waals surface area contributed by atoms with Crippen molar-refractivity contribution in [3.63, 3.8) is 0 Å². The summed E-state index contributed by atoms with van der Waals surface area (Å²) < 4.78 is 72.6. The topological polar surface area (TPSA) is 0 Å². The molecule has 0 bridgehead atoms. The zero-order chi connectivity index (χ0) is 10.3. The van der Waals surface area contributed by atoms with Crippen molar-refractivity contribution in [2.24, 2.45) is 0 Å². The number of allylic oxidation sites excluding steroid dienone is 2. The van der Waals surface area contributed by atoms with Crippen LogP contribution in [0.2, 0.25) is 0 Å². The minimum atomic E-state index is -5.29. The maximum absolute atomic E-state index is 12.6. The van der Waals surface area contributed by atoms with E-state index in [1.165, 1.54) is 0 Å². The molecule has 0 saturated heterocycles. The first-order chi connectivity index (χ1) is 5.75. The van der Waals surface area contributed by atoms with Gasteiger partial charge in [-0.25, -0.2) is 13.2 Å². The maximum Gasteiger partial charge on any atom is 0.443 e. The predicted molar refractivity (Wildman–Crippen MR) is 33.0 cm³/mol. The third-order valence-electron chi connectivity index (χ3n) is 1.87. The van der Waals surface area contributed by atoms with Gasteiger partial charge in [0.15, 0.2) is 0 Å². The molecule has 0 heterocycles. The van der Waals surface area contributed by atoms with Crippen molar-refractivity contribution in [2.75, 3.05) is 0 Å². The van der Waals surface area contributed by atoms with Gasteiger partial charge in [0.05, 0.1) is 0 Å². The van der Waals surface area contributed by atoms with Crippen LogP contribution in [0, 0.1) is 0 Å². The van der Waals surface area contributed by atoms with E-state index >= 15 is 0 Å². The zero-order valence-electron chi connectivity index (χ0n) is 6.39. The molecule has 1 aliphatic carbocycles. The maximum atomic E-state index is 12.6. The van der Waals surface area contributed by atoms with Crippen LogP contribution >= 0.6 is 0 Å². The molecule has 0 atom stereocenters.